The molecule has 0 bridgehead atoms. The van der Waals surface area contributed by atoms with Crippen LogP contribution in [0.1, 0.15) is 10.5 Å². The third-order valence-corrected chi connectivity index (χ3v) is 4.47. The van der Waals surface area contributed by atoms with Crippen LogP contribution in [-0.2, 0) is 0 Å². The van der Waals surface area contributed by atoms with E-state index < -0.39 is 0 Å². The minimum Gasteiger partial charge on any atom is -0.366 e. The summed E-state index contributed by atoms with van der Waals surface area (Å²) >= 11 is 5.85. The fourth-order valence-corrected chi connectivity index (χ4v) is 3.13. The van der Waals surface area contributed by atoms with Crippen LogP contribution in [-0.4, -0.2) is 51.6 Å². The summed E-state index contributed by atoms with van der Waals surface area (Å²) in [4.78, 5) is 20.6. The number of imidazole rings is 1. The molecule has 1 aromatic carbocycles. The van der Waals surface area contributed by atoms with Crippen LogP contribution in [0.5, 0.6) is 0 Å². The lowest BCUT2D eigenvalue weighted by atomic mass is 10.2. The molecule has 8 heteroatoms. The van der Waals surface area contributed by atoms with E-state index in [4.69, 9.17) is 11.6 Å². The Kier molecular flexibility index (Phi) is 4.01. The van der Waals surface area contributed by atoms with E-state index in [2.05, 4.69) is 10.1 Å². The first kappa shape index (κ1) is 15.8. The highest BCUT2D eigenvalue weighted by atomic mass is 35.5. The molecule has 3 heterocycles. The molecule has 4 rings (SSSR count). The van der Waals surface area contributed by atoms with E-state index in [0.717, 1.165) is 0 Å². The summed E-state index contributed by atoms with van der Waals surface area (Å²) in [5.41, 5.74) is 1.47. The van der Waals surface area contributed by atoms with Crippen LogP contribution in [0, 0.1) is 5.82 Å². The molecule has 25 heavy (non-hydrogen) atoms. The Morgan fingerprint density at radius 2 is 1.84 bits per heavy atom. The molecular weight excluding hydrogens is 345 g/mol. The summed E-state index contributed by atoms with van der Waals surface area (Å²) in [7, 11) is 0. The topological polar surface area (TPSA) is 53.7 Å². The van der Waals surface area contributed by atoms with Crippen LogP contribution in [0.15, 0.2) is 42.6 Å². The van der Waals surface area contributed by atoms with Gasteiger partial charge in [-0.3, -0.25) is 4.79 Å². The van der Waals surface area contributed by atoms with Crippen LogP contribution in [0.2, 0.25) is 5.15 Å². The Labute approximate surface area is 148 Å². The van der Waals surface area contributed by atoms with Crippen LogP contribution in [0.25, 0.3) is 5.65 Å². The molecule has 0 atom stereocenters. The van der Waals surface area contributed by atoms with Crippen molar-refractivity contribution in [3.8, 4) is 0 Å². The van der Waals surface area contributed by atoms with Gasteiger partial charge < -0.3 is 9.80 Å². The molecule has 0 unspecified atom stereocenters. The van der Waals surface area contributed by atoms with Crippen molar-refractivity contribution < 1.29 is 9.18 Å². The number of nitrogens with zero attached hydrogens (tertiary/aromatic N) is 5. The smallest absolute Gasteiger partial charge is 0.274 e. The second-order valence-corrected chi connectivity index (χ2v) is 6.20. The summed E-state index contributed by atoms with van der Waals surface area (Å²) in [5.74, 6) is -0.402. The van der Waals surface area contributed by atoms with Crippen molar-refractivity contribution in [2.45, 2.75) is 0 Å². The zero-order valence-electron chi connectivity index (χ0n) is 13.3. The molecule has 0 spiro atoms. The number of aromatic nitrogens is 3. The number of fused-ring (bicyclic) bond motifs is 1. The number of carbonyl (C=O) groups is 1. The lowest BCUT2D eigenvalue weighted by Crippen LogP contribution is -2.49. The van der Waals surface area contributed by atoms with E-state index in [1.54, 1.807) is 35.4 Å². The SMILES string of the molecule is O=C(c1cn2nc(Cl)ccc2n1)N1CCN(c2ccccc2F)CC1. The molecule has 6 nitrogen and oxygen atoms in total. The van der Waals surface area contributed by atoms with E-state index in [0.29, 0.717) is 48.4 Å². The van der Waals surface area contributed by atoms with Gasteiger partial charge in [0, 0.05) is 26.2 Å². The van der Waals surface area contributed by atoms with Crippen molar-refractivity contribution >= 4 is 28.8 Å². The molecule has 0 N–H and O–H groups in total. The van der Waals surface area contributed by atoms with Gasteiger partial charge in [0.05, 0.1) is 11.9 Å². The summed E-state index contributed by atoms with van der Waals surface area (Å²) in [5, 5.41) is 4.42. The summed E-state index contributed by atoms with van der Waals surface area (Å²) in [6, 6.07) is 10.0. The first-order valence-electron chi connectivity index (χ1n) is 7.92. The lowest BCUT2D eigenvalue weighted by molar-refractivity contribution is 0.0741. The van der Waals surface area contributed by atoms with Gasteiger partial charge in [0.2, 0.25) is 0 Å². The number of hydrogen-bond acceptors (Lipinski definition) is 4. The van der Waals surface area contributed by atoms with Crippen LogP contribution < -0.4 is 4.90 Å². The highest BCUT2D eigenvalue weighted by molar-refractivity contribution is 6.29. The zero-order chi connectivity index (χ0) is 17.4. The van der Waals surface area contributed by atoms with Crippen molar-refractivity contribution in [2.75, 3.05) is 31.1 Å². The normalized spacial score (nSPS) is 15.0. The van der Waals surface area contributed by atoms with Gasteiger partial charge in [-0.1, -0.05) is 23.7 Å². The predicted octanol–water partition coefficient (Wildman–Crippen LogP) is 2.48. The zero-order valence-corrected chi connectivity index (χ0v) is 14.0. The molecule has 128 valence electrons. The molecule has 0 saturated carbocycles. The number of piperazine rings is 1. The van der Waals surface area contributed by atoms with E-state index in [-0.39, 0.29) is 11.7 Å². The molecule has 1 amide bonds. The summed E-state index contributed by atoms with van der Waals surface area (Å²) in [6.07, 6.45) is 1.58. The first-order valence-corrected chi connectivity index (χ1v) is 8.30. The third-order valence-electron chi connectivity index (χ3n) is 4.27. The Morgan fingerprint density at radius 1 is 1.08 bits per heavy atom. The minimum atomic E-state index is -0.245. The van der Waals surface area contributed by atoms with Gasteiger partial charge in [-0.25, -0.2) is 13.9 Å². The lowest BCUT2D eigenvalue weighted by Gasteiger charge is -2.35. The molecule has 0 aliphatic carbocycles. The van der Waals surface area contributed by atoms with Crippen molar-refractivity contribution in [3.05, 3.63) is 59.3 Å². The van der Waals surface area contributed by atoms with E-state index >= 15 is 0 Å². The number of para-hydroxylation sites is 1. The summed E-state index contributed by atoms with van der Waals surface area (Å²) < 4.78 is 15.4. The number of rotatable bonds is 2. The fourth-order valence-electron chi connectivity index (χ4n) is 2.98. The Bertz CT molecular complexity index is 936. The van der Waals surface area contributed by atoms with E-state index in [1.807, 2.05) is 11.0 Å². The van der Waals surface area contributed by atoms with Gasteiger partial charge in [0.15, 0.2) is 5.65 Å². The van der Waals surface area contributed by atoms with E-state index in [1.165, 1.54) is 10.6 Å². The first-order chi connectivity index (χ1) is 12.1. The Morgan fingerprint density at radius 3 is 2.60 bits per heavy atom. The van der Waals surface area contributed by atoms with E-state index in [9.17, 15) is 9.18 Å². The van der Waals surface area contributed by atoms with Crippen LogP contribution >= 0.6 is 11.6 Å². The molecule has 3 aromatic rings. The molecule has 1 saturated heterocycles. The Balaban J connectivity index is 1.48. The second-order valence-electron chi connectivity index (χ2n) is 5.82. The van der Waals surface area contributed by atoms with Gasteiger partial charge in [0.25, 0.3) is 5.91 Å². The van der Waals surface area contributed by atoms with Gasteiger partial charge in [-0.05, 0) is 24.3 Å². The average Bonchev–Trinajstić information content (AvgIpc) is 3.05. The number of hydrogen-bond donors (Lipinski definition) is 0. The van der Waals surface area contributed by atoms with Crippen LogP contribution in [0.4, 0.5) is 10.1 Å². The van der Waals surface area contributed by atoms with Gasteiger partial charge in [0.1, 0.15) is 16.7 Å². The predicted molar refractivity (Wildman–Crippen MR) is 92.5 cm³/mol. The minimum absolute atomic E-state index is 0.158. The molecule has 1 aliphatic heterocycles. The Hall–Kier alpha value is -2.67. The maximum atomic E-state index is 13.9. The van der Waals surface area contributed by atoms with Crippen molar-refractivity contribution in [1.82, 2.24) is 19.5 Å². The summed E-state index contributed by atoms with van der Waals surface area (Å²) in [6.45, 7) is 2.17. The quantitative estimate of drug-likeness (QED) is 0.705. The number of benzene rings is 1. The average molecular weight is 360 g/mol. The van der Waals surface area contributed by atoms with Gasteiger partial charge in [-0.15, -0.1) is 0 Å². The van der Waals surface area contributed by atoms with Gasteiger partial charge >= 0.3 is 0 Å². The number of halogens is 2. The molecule has 1 fully saturated rings. The molecule has 2 aromatic heterocycles. The van der Waals surface area contributed by atoms with Crippen LogP contribution in [0.3, 0.4) is 0 Å². The maximum absolute atomic E-state index is 13.9. The third kappa shape index (κ3) is 3.02. The highest BCUT2D eigenvalue weighted by Crippen LogP contribution is 2.20. The second kappa shape index (κ2) is 6.33. The number of amides is 1. The highest BCUT2D eigenvalue weighted by Gasteiger charge is 2.25. The van der Waals surface area contributed by atoms with Crippen molar-refractivity contribution in [1.29, 1.82) is 0 Å². The van der Waals surface area contributed by atoms with Crippen molar-refractivity contribution in [2.24, 2.45) is 0 Å². The monoisotopic (exact) mass is 359 g/mol. The number of carbonyl (C=O) groups excluding carboxylic acids is 1. The fraction of sp³-hybridized carbons (Fsp3) is 0.235. The standard InChI is InChI=1S/C17H15ClFN5O/c18-15-5-6-16-20-13(11-24(16)21-15)17(25)23-9-7-22(8-10-23)14-4-2-1-3-12(14)19/h1-6,11H,7-10H2. The van der Waals surface area contributed by atoms with Crippen molar-refractivity contribution in [3.63, 3.8) is 0 Å². The molecule has 0 radical (unpaired) electrons. The molecular formula is C17H15ClFN5O. The number of anilines is 1. The molecule has 1 aliphatic rings. The maximum Gasteiger partial charge on any atom is 0.274 e. The largest absolute Gasteiger partial charge is 0.366 e. The van der Waals surface area contributed by atoms with Gasteiger partial charge in [-0.2, -0.15) is 5.10 Å².